The van der Waals surface area contributed by atoms with Crippen LogP contribution in [0.3, 0.4) is 0 Å². The first-order chi connectivity index (χ1) is 9.29. The standard InChI is InChI=1S/C15H21N3O/c1-17-12-9-13-7-3-4-8-14(13)15(19)18-11-6-2-5-10-16/h3-4,7-8,17H,2,5-6,9,11-12H2,1H3,(H,18,19). The number of nitrogens with zero attached hydrogens (tertiary/aromatic N) is 1. The largest absolute Gasteiger partial charge is 0.352 e. The second kappa shape index (κ2) is 9.12. The summed E-state index contributed by atoms with van der Waals surface area (Å²) in [4.78, 5) is 12.1. The number of nitrogens with one attached hydrogen (secondary N) is 2. The topological polar surface area (TPSA) is 64.9 Å². The number of nitriles is 1. The van der Waals surface area contributed by atoms with Gasteiger partial charge in [0.25, 0.3) is 5.91 Å². The van der Waals surface area contributed by atoms with Gasteiger partial charge in [-0.3, -0.25) is 4.79 Å². The average Bonchev–Trinajstić information content (AvgIpc) is 2.45. The summed E-state index contributed by atoms with van der Waals surface area (Å²) < 4.78 is 0. The Labute approximate surface area is 114 Å². The maximum atomic E-state index is 12.1. The zero-order valence-corrected chi connectivity index (χ0v) is 11.4. The van der Waals surface area contributed by atoms with E-state index in [-0.39, 0.29) is 5.91 Å². The third-order valence-electron chi connectivity index (χ3n) is 2.91. The Hall–Kier alpha value is -1.86. The second-order valence-corrected chi connectivity index (χ2v) is 4.38. The summed E-state index contributed by atoms with van der Waals surface area (Å²) in [6, 6.07) is 9.78. The zero-order chi connectivity index (χ0) is 13.9. The van der Waals surface area contributed by atoms with Gasteiger partial charge in [0.05, 0.1) is 6.07 Å². The molecule has 4 heteroatoms. The maximum Gasteiger partial charge on any atom is 0.251 e. The highest BCUT2D eigenvalue weighted by Crippen LogP contribution is 2.09. The SMILES string of the molecule is CNCCc1ccccc1C(=O)NCCCCC#N. The number of hydrogen-bond donors (Lipinski definition) is 2. The number of rotatable bonds is 8. The predicted octanol–water partition coefficient (Wildman–Crippen LogP) is 1.87. The summed E-state index contributed by atoms with van der Waals surface area (Å²) in [7, 11) is 1.90. The van der Waals surface area contributed by atoms with Crippen LogP contribution in [-0.4, -0.2) is 26.0 Å². The van der Waals surface area contributed by atoms with Crippen LogP contribution in [0.2, 0.25) is 0 Å². The van der Waals surface area contributed by atoms with E-state index < -0.39 is 0 Å². The Bertz CT molecular complexity index is 437. The van der Waals surface area contributed by atoms with E-state index in [0.29, 0.717) is 13.0 Å². The molecule has 102 valence electrons. The smallest absolute Gasteiger partial charge is 0.251 e. The van der Waals surface area contributed by atoms with Gasteiger partial charge >= 0.3 is 0 Å². The van der Waals surface area contributed by atoms with Gasteiger partial charge in [0, 0.05) is 18.5 Å². The molecule has 19 heavy (non-hydrogen) atoms. The minimum absolute atomic E-state index is 0.0244. The molecule has 0 aliphatic heterocycles. The summed E-state index contributed by atoms with van der Waals surface area (Å²) >= 11 is 0. The quantitative estimate of drug-likeness (QED) is 0.700. The fourth-order valence-electron chi connectivity index (χ4n) is 1.85. The molecule has 0 aromatic heterocycles. The minimum atomic E-state index is -0.0244. The molecule has 1 rings (SSSR count). The maximum absolute atomic E-state index is 12.1. The van der Waals surface area contributed by atoms with Crippen LogP contribution >= 0.6 is 0 Å². The van der Waals surface area contributed by atoms with Gasteiger partial charge in [-0.2, -0.15) is 5.26 Å². The van der Waals surface area contributed by atoms with Gasteiger partial charge in [0.1, 0.15) is 0 Å². The molecule has 0 saturated heterocycles. The third-order valence-corrected chi connectivity index (χ3v) is 2.91. The van der Waals surface area contributed by atoms with Crippen molar-refractivity contribution in [2.75, 3.05) is 20.1 Å². The van der Waals surface area contributed by atoms with Crippen molar-refractivity contribution >= 4 is 5.91 Å². The number of hydrogen-bond acceptors (Lipinski definition) is 3. The van der Waals surface area contributed by atoms with Crippen LogP contribution in [0, 0.1) is 11.3 Å². The number of likely N-dealkylation sites (N-methyl/N-ethyl adjacent to an activating group) is 1. The molecule has 1 aromatic rings. The first kappa shape index (κ1) is 15.2. The zero-order valence-electron chi connectivity index (χ0n) is 11.4. The number of carbonyl (C=O) groups excluding carboxylic acids is 1. The molecular weight excluding hydrogens is 238 g/mol. The lowest BCUT2D eigenvalue weighted by Crippen LogP contribution is -2.26. The van der Waals surface area contributed by atoms with Crippen molar-refractivity contribution in [3.63, 3.8) is 0 Å². The van der Waals surface area contributed by atoms with Crippen LogP contribution in [0.5, 0.6) is 0 Å². The highest BCUT2D eigenvalue weighted by molar-refractivity contribution is 5.95. The highest BCUT2D eigenvalue weighted by Gasteiger charge is 2.09. The molecule has 0 bridgehead atoms. The van der Waals surface area contributed by atoms with Crippen molar-refractivity contribution in [3.8, 4) is 6.07 Å². The van der Waals surface area contributed by atoms with Gasteiger partial charge < -0.3 is 10.6 Å². The first-order valence-corrected chi connectivity index (χ1v) is 6.67. The summed E-state index contributed by atoms with van der Waals surface area (Å²) in [6.07, 6.45) is 3.07. The molecule has 0 radical (unpaired) electrons. The molecule has 1 aromatic carbocycles. The summed E-state index contributed by atoms with van der Waals surface area (Å²) in [5, 5.41) is 14.4. The van der Waals surface area contributed by atoms with Crippen LogP contribution in [0.4, 0.5) is 0 Å². The molecule has 0 fully saturated rings. The van der Waals surface area contributed by atoms with Crippen molar-refractivity contribution in [2.24, 2.45) is 0 Å². The van der Waals surface area contributed by atoms with E-state index >= 15 is 0 Å². The van der Waals surface area contributed by atoms with Crippen molar-refractivity contribution in [2.45, 2.75) is 25.7 Å². The van der Waals surface area contributed by atoms with Crippen molar-refractivity contribution in [1.29, 1.82) is 5.26 Å². The Morgan fingerprint density at radius 3 is 2.79 bits per heavy atom. The Kier molecular flexibility index (Phi) is 7.30. The second-order valence-electron chi connectivity index (χ2n) is 4.38. The molecule has 0 aliphatic rings. The predicted molar refractivity (Wildman–Crippen MR) is 75.9 cm³/mol. The molecule has 1 amide bonds. The minimum Gasteiger partial charge on any atom is -0.352 e. The number of unbranched alkanes of at least 4 members (excludes halogenated alkanes) is 2. The van der Waals surface area contributed by atoms with Gasteiger partial charge in [-0.1, -0.05) is 18.2 Å². The normalized spacial score (nSPS) is 9.89. The summed E-state index contributed by atoms with van der Waals surface area (Å²) in [6.45, 7) is 1.48. The Balaban J connectivity index is 2.49. The molecule has 4 nitrogen and oxygen atoms in total. The number of amides is 1. The van der Waals surface area contributed by atoms with E-state index in [1.165, 1.54) is 0 Å². The molecule has 0 heterocycles. The van der Waals surface area contributed by atoms with Crippen LogP contribution < -0.4 is 10.6 Å². The Morgan fingerprint density at radius 1 is 1.26 bits per heavy atom. The molecule has 0 atom stereocenters. The number of benzene rings is 1. The van der Waals surface area contributed by atoms with E-state index in [4.69, 9.17) is 5.26 Å². The average molecular weight is 259 g/mol. The molecule has 2 N–H and O–H groups in total. The fraction of sp³-hybridized carbons (Fsp3) is 0.467. The van der Waals surface area contributed by atoms with Gasteiger partial charge in [-0.15, -0.1) is 0 Å². The lowest BCUT2D eigenvalue weighted by molar-refractivity contribution is 0.0952. The van der Waals surface area contributed by atoms with Crippen LogP contribution in [-0.2, 0) is 6.42 Å². The van der Waals surface area contributed by atoms with E-state index in [1.54, 1.807) is 0 Å². The molecule has 0 unspecified atom stereocenters. The molecule has 0 saturated carbocycles. The van der Waals surface area contributed by atoms with E-state index in [9.17, 15) is 4.79 Å². The van der Waals surface area contributed by atoms with Crippen LogP contribution in [0.1, 0.15) is 35.2 Å². The van der Waals surface area contributed by atoms with Gasteiger partial charge in [-0.25, -0.2) is 0 Å². The van der Waals surface area contributed by atoms with Crippen molar-refractivity contribution in [1.82, 2.24) is 10.6 Å². The lowest BCUT2D eigenvalue weighted by atomic mass is 10.0. The fourth-order valence-corrected chi connectivity index (χ4v) is 1.85. The lowest BCUT2D eigenvalue weighted by Gasteiger charge is -2.09. The van der Waals surface area contributed by atoms with Gasteiger partial charge in [0.15, 0.2) is 0 Å². The summed E-state index contributed by atoms with van der Waals surface area (Å²) in [5.41, 5.74) is 1.81. The van der Waals surface area contributed by atoms with Crippen molar-refractivity contribution in [3.05, 3.63) is 35.4 Å². The molecule has 0 aliphatic carbocycles. The third kappa shape index (κ3) is 5.54. The van der Waals surface area contributed by atoms with E-state index in [2.05, 4.69) is 16.7 Å². The number of carbonyl (C=O) groups is 1. The van der Waals surface area contributed by atoms with Crippen LogP contribution in [0.15, 0.2) is 24.3 Å². The highest BCUT2D eigenvalue weighted by atomic mass is 16.1. The molecular formula is C15H21N3O. The first-order valence-electron chi connectivity index (χ1n) is 6.67. The summed E-state index contributed by atoms with van der Waals surface area (Å²) in [5.74, 6) is -0.0244. The van der Waals surface area contributed by atoms with Gasteiger partial charge in [0.2, 0.25) is 0 Å². The Morgan fingerprint density at radius 2 is 2.05 bits per heavy atom. The monoisotopic (exact) mass is 259 g/mol. The van der Waals surface area contributed by atoms with E-state index in [0.717, 1.165) is 36.9 Å². The van der Waals surface area contributed by atoms with Crippen molar-refractivity contribution < 1.29 is 4.79 Å². The van der Waals surface area contributed by atoms with E-state index in [1.807, 2.05) is 31.3 Å². The van der Waals surface area contributed by atoms with Crippen LogP contribution in [0.25, 0.3) is 0 Å². The molecule has 0 spiro atoms. The van der Waals surface area contributed by atoms with Gasteiger partial charge in [-0.05, 0) is 44.5 Å².